The zero-order valence-corrected chi connectivity index (χ0v) is 16.2. The third-order valence-electron chi connectivity index (χ3n) is 5.74. The second-order valence-corrected chi connectivity index (χ2v) is 7.54. The molecule has 0 radical (unpaired) electrons. The van der Waals surface area contributed by atoms with Gasteiger partial charge in [-0.2, -0.15) is 0 Å². The van der Waals surface area contributed by atoms with Crippen LogP contribution in [0, 0.1) is 13.8 Å². The van der Waals surface area contributed by atoms with E-state index in [-0.39, 0.29) is 0 Å². The van der Waals surface area contributed by atoms with Crippen molar-refractivity contribution in [3.8, 4) is 22.3 Å². The molecule has 0 N–H and O–H groups in total. The highest BCUT2D eigenvalue weighted by Crippen LogP contribution is 2.41. The third kappa shape index (κ3) is 2.70. The van der Waals surface area contributed by atoms with Gasteiger partial charge in [0.1, 0.15) is 0 Å². The summed E-state index contributed by atoms with van der Waals surface area (Å²) in [5.74, 6) is 0. The normalized spacial score (nSPS) is 11.2. The third-order valence-corrected chi connectivity index (χ3v) is 5.74. The summed E-state index contributed by atoms with van der Waals surface area (Å²) < 4.78 is 0. The first-order chi connectivity index (χ1) is 13.7. The molecule has 0 bridgehead atoms. The Kier molecular flexibility index (Phi) is 3.98. The van der Waals surface area contributed by atoms with Gasteiger partial charge < -0.3 is 0 Å². The van der Waals surface area contributed by atoms with Gasteiger partial charge in [-0.1, -0.05) is 84.9 Å². The van der Waals surface area contributed by atoms with Crippen molar-refractivity contribution in [1.82, 2.24) is 0 Å². The number of fused-ring (bicyclic) bond motifs is 2. The zero-order valence-electron chi connectivity index (χ0n) is 16.2. The van der Waals surface area contributed by atoms with Gasteiger partial charge in [0.15, 0.2) is 0 Å². The minimum Gasteiger partial charge on any atom is -0.0620 e. The Morgan fingerprint density at radius 1 is 0.429 bits per heavy atom. The van der Waals surface area contributed by atoms with Crippen LogP contribution >= 0.6 is 0 Å². The second-order valence-electron chi connectivity index (χ2n) is 7.54. The summed E-state index contributed by atoms with van der Waals surface area (Å²) in [6, 6.07) is 35.2. The van der Waals surface area contributed by atoms with Crippen LogP contribution in [0.25, 0.3) is 43.8 Å². The van der Waals surface area contributed by atoms with Gasteiger partial charge in [0.2, 0.25) is 0 Å². The first kappa shape index (κ1) is 16.8. The van der Waals surface area contributed by atoms with Crippen LogP contribution in [0.15, 0.2) is 97.1 Å². The first-order valence-electron chi connectivity index (χ1n) is 9.80. The van der Waals surface area contributed by atoms with Gasteiger partial charge in [0.05, 0.1) is 0 Å². The van der Waals surface area contributed by atoms with Gasteiger partial charge in [-0.3, -0.25) is 0 Å². The van der Waals surface area contributed by atoms with E-state index in [9.17, 15) is 0 Å². The van der Waals surface area contributed by atoms with Crippen molar-refractivity contribution < 1.29 is 0 Å². The van der Waals surface area contributed by atoms with Crippen LogP contribution in [0.2, 0.25) is 0 Å². The predicted octanol–water partition coefficient (Wildman–Crippen LogP) is 7.94. The number of aryl methyl sites for hydroxylation is 2. The van der Waals surface area contributed by atoms with Gasteiger partial charge in [-0.15, -0.1) is 0 Å². The maximum Gasteiger partial charge on any atom is -0.00238 e. The molecule has 0 heteroatoms. The van der Waals surface area contributed by atoms with Gasteiger partial charge in [0, 0.05) is 0 Å². The Hall–Kier alpha value is -3.38. The average molecular weight is 358 g/mol. The SMILES string of the molecule is Cc1ccccc1-c1ccc2cc3ccccc3cc2c1-c1ccccc1C. The van der Waals surface area contributed by atoms with Crippen molar-refractivity contribution >= 4 is 21.5 Å². The molecule has 0 saturated carbocycles. The number of hydrogen-bond acceptors (Lipinski definition) is 0. The van der Waals surface area contributed by atoms with Gasteiger partial charge in [-0.25, -0.2) is 0 Å². The zero-order chi connectivity index (χ0) is 19.1. The summed E-state index contributed by atoms with van der Waals surface area (Å²) >= 11 is 0. The molecule has 28 heavy (non-hydrogen) atoms. The van der Waals surface area contributed by atoms with Crippen LogP contribution in [-0.2, 0) is 0 Å². The highest BCUT2D eigenvalue weighted by molar-refractivity contribution is 6.09. The molecule has 0 aromatic heterocycles. The second kappa shape index (κ2) is 6.65. The Bertz CT molecular complexity index is 1320. The summed E-state index contributed by atoms with van der Waals surface area (Å²) in [7, 11) is 0. The van der Waals surface area contributed by atoms with Gasteiger partial charge >= 0.3 is 0 Å². The van der Waals surface area contributed by atoms with Crippen molar-refractivity contribution in [2.45, 2.75) is 13.8 Å². The van der Waals surface area contributed by atoms with E-state index in [2.05, 4.69) is 111 Å². The fourth-order valence-electron chi connectivity index (χ4n) is 4.26. The molecular formula is C28H22. The van der Waals surface area contributed by atoms with Crippen LogP contribution < -0.4 is 0 Å². The number of hydrogen-bond donors (Lipinski definition) is 0. The van der Waals surface area contributed by atoms with E-state index < -0.39 is 0 Å². The fourth-order valence-corrected chi connectivity index (χ4v) is 4.26. The van der Waals surface area contributed by atoms with E-state index in [0.717, 1.165) is 0 Å². The molecule has 0 aliphatic rings. The molecule has 5 aromatic carbocycles. The highest BCUT2D eigenvalue weighted by Gasteiger charge is 2.15. The minimum atomic E-state index is 1.28. The Morgan fingerprint density at radius 2 is 1.00 bits per heavy atom. The molecule has 0 aliphatic heterocycles. The predicted molar refractivity (Wildman–Crippen MR) is 122 cm³/mol. The molecule has 0 fully saturated rings. The molecule has 0 spiro atoms. The molecule has 0 amide bonds. The average Bonchev–Trinajstić information content (AvgIpc) is 2.72. The molecule has 0 aliphatic carbocycles. The molecule has 0 unspecified atom stereocenters. The van der Waals surface area contributed by atoms with Gasteiger partial charge in [0.25, 0.3) is 0 Å². The molecule has 5 aromatic rings. The minimum absolute atomic E-state index is 1.28. The topological polar surface area (TPSA) is 0 Å². The fraction of sp³-hybridized carbons (Fsp3) is 0.0714. The lowest BCUT2D eigenvalue weighted by Crippen LogP contribution is -1.92. The summed E-state index contributed by atoms with van der Waals surface area (Å²) in [4.78, 5) is 0. The summed E-state index contributed by atoms with van der Waals surface area (Å²) in [5.41, 5.74) is 7.85. The summed E-state index contributed by atoms with van der Waals surface area (Å²) in [6.07, 6.45) is 0. The highest BCUT2D eigenvalue weighted by atomic mass is 14.2. The first-order valence-corrected chi connectivity index (χ1v) is 9.80. The van der Waals surface area contributed by atoms with Crippen molar-refractivity contribution in [1.29, 1.82) is 0 Å². The van der Waals surface area contributed by atoms with Crippen LogP contribution in [0.4, 0.5) is 0 Å². The van der Waals surface area contributed by atoms with E-state index >= 15 is 0 Å². The van der Waals surface area contributed by atoms with Gasteiger partial charge in [-0.05, 0) is 80.9 Å². The number of rotatable bonds is 2. The van der Waals surface area contributed by atoms with E-state index in [1.165, 1.54) is 54.9 Å². The quantitative estimate of drug-likeness (QED) is 0.281. The molecule has 0 atom stereocenters. The van der Waals surface area contributed by atoms with Crippen molar-refractivity contribution in [3.63, 3.8) is 0 Å². The molecular weight excluding hydrogens is 336 g/mol. The van der Waals surface area contributed by atoms with E-state index in [4.69, 9.17) is 0 Å². The summed E-state index contributed by atoms with van der Waals surface area (Å²) in [6.45, 7) is 4.40. The van der Waals surface area contributed by atoms with Crippen LogP contribution in [-0.4, -0.2) is 0 Å². The van der Waals surface area contributed by atoms with E-state index in [1.807, 2.05) is 0 Å². The van der Waals surface area contributed by atoms with E-state index in [1.54, 1.807) is 0 Å². The Balaban J connectivity index is 1.95. The van der Waals surface area contributed by atoms with Crippen LogP contribution in [0.1, 0.15) is 11.1 Å². The lowest BCUT2D eigenvalue weighted by molar-refractivity contribution is 1.44. The van der Waals surface area contributed by atoms with E-state index in [0.29, 0.717) is 0 Å². The maximum atomic E-state index is 2.36. The molecule has 134 valence electrons. The van der Waals surface area contributed by atoms with Crippen molar-refractivity contribution in [2.24, 2.45) is 0 Å². The summed E-state index contributed by atoms with van der Waals surface area (Å²) in [5, 5.41) is 5.17. The maximum absolute atomic E-state index is 2.36. The monoisotopic (exact) mass is 358 g/mol. The lowest BCUT2D eigenvalue weighted by atomic mass is 9.86. The van der Waals surface area contributed by atoms with Crippen LogP contribution in [0.5, 0.6) is 0 Å². The molecule has 5 rings (SSSR count). The molecule has 0 saturated heterocycles. The lowest BCUT2D eigenvalue weighted by Gasteiger charge is -2.18. The Morgan fingerprint density at radius 3 is 1.68 bits per heavy atom. The standard InChI is InChI=1S/C28H22/c1-19-9-3-7-13-24(19)26-16-15-23-17-21-11-5-6-12-22(21)18-27(23)28(26)25-14-8-4-10-20(25)2/h3-18H,1-2H3. The number of benzene rings is 5. The Labute approximate surface area is 166 Å². The molecule has 0 nitrogen and oxygen atoms in total. The molecule has 0 heterocycles. The van der Waals surface area contributed by atoms with Crippen molar-refractivity contribution in [2.75, 3.05) is 0 Å². The largest absolute Gasteiger partial charge is 0.0620 e. The van der Waals surface area contributed by atoms with Crippen LogP contribution in [0.3, 0.4) is 0 Å². The van der Waals surface area contributed by atoms with Crippen molar-refractivity contribution in [3.05, 3.63) is 108 Å². The smallest absolute Gasteiger partial charge is 0.00238 e.